The minimum Gasteiger partial charge on any atom is -0.481 e. The third kappa shape index (κ3) is 3.83. The van der Waals surface area contributed by atoms with Crippen LogP contribution in [0.1, 0.15) is 38.2 Å². The van der Waals surface area contributed by atoms with E-state index in [9.17, 15) is 18.3 Å². The van der Waals surface area contributed by atoms with Crippen LogP contribution in [0.2, 0.25) is 0 Å². The smallest absolute Gasteiger partial charge is 0.310 e. The van der Waals surface area contributed by atoms with Gasteiger partial charge in [0.15, 0.2) is 0 Å². The number of nitrogens with one attached hydrogen (secondary N) is 1. The molecule has 5 nitrogen and oxygen atoms in total. The lowest BCUT2D eigenvalue weighted by Gasteiger charge is -2.38. The number of rotatable bonds is 5. The number of carbonyl (C=O) groups is 1. The molecule has 0 bridgehead atoms. The molecule has 1 aromatic rings. The van der Waals surface area contributed by atoms with Gasteiger partial charge < -0.3 is 5.11 Å². The highest BCUT2D eigenvalue weighted by molar-refractivity contribution is 7.88. The van der Waals surface area contributed by atoms with Crippen LogP contribution < -0.4 is 4.72 Å². The zero-order chi connectivity index (χ0) is 15.5. The third-order valence-electron chi connectivity index (χ3n) is 4.22. The van der Waals surface area contributed by atoms with Gasteiger partial charge in [-0.15, -0.1) is 0 Å². The number of carboxylic acid groups (broad SMARTS) is 1. The van der Waals surface area contributed by atoms with Gasteiger partial charge in [-0.1, -0.05) is 43.2 Å². The minimum atomic E-state index is -3.55. The Labute approximate surface area is 125 Å². The first-order chi connectivity index (χ1) is 9.83. The normalized spacial score (nSPS) is 26.4. The molecular formula is C15H21NO4S. The van der Waals surface area contributed by atoms with Gasteiger partial charge in [-0.05, 0) is 25.3 Å². The number of benzene rings is 1. The van der Waals surface area contributed by atoms with Gasteiger partial charge in [0.25, 0.3) is 0 Å². The Bertz CT molecular complexity index is 599. The fourth-order valence-electron chi connectivity index (χ4n) is 2.83. The van der Waals surface area contributed by atoms with Crippen molar-refractivity contribution in [2.75, 3.05) is 0 Å². The molecule has 2 unspecified atom stereocenters. The number of carboxylic acids is 1. The Kier molecular flexibility index (Phi) is 4.68. The number of hydrogen-bond donors (Lipinski definition) is 2. The van der Waals surface area contributed by atoms with Crippen molar-refractivity contribution >= 4 is 16.0 Å². The summed E-state index contributed by atoms with van der Waals surface area (Å²) in [6.07, 6.45) is 2.73. The van der Waals surface area contributed by atoms with Crippen molar-refractivity contribution < 1.29 is 18.3 Å². The van der Waals surface area contributed by atoms with Crippen LogP contribution in [0.3, 0.4) is 0 Å². The van der Waals surface area contributed by atoms with E-state index >= 15 is 0 Å². The maximum atomic E-state index is 12.3. The van der Waals surface area contributed by atoms with Crippen LogP contribution in [0, 0.1) is 5.41 Å². The lowest BCUT2D eigenvalue weighted by molar-refractivity contribution is -0.151. The Morgan fingerprint density at radius 1 is 1.33 bits per heavy atom. The highest BCUT2D eigenvalue weighted by Gasteiger charge is 2.44. The molecular weight excluding hydrogens is 290 g/mol. The summed E-state index contributed by atoms with van der Waals surface area (Å²) in [5.41, 5.74) is -0.333. The van der Waals surface area contributed by atoms with Crippen LogP contribution >= 0.6 is 0 Å². The summed E-state index contributed by atoms with van der Waals surface area (Å²) >= 11 is 0. The third-order valence-corrected chi connectivity index (χ3v) is 5.57. The quantitative estimate of drug-likeness (QED) is 0.872. The van der Waals surface area contributed by atoms with Crippen molar-refractivity contribution in [3.05, 3.63) is 35.9 Å². The molecule has 0 saturated heterocycles. The average molecular weight is 311 g/mol. The van der Waals surface area contributed by atoms with Gasteiger partial charge in [0.05, 0.1) is 11.2 Å². The molecule has 0 aromatic heterocycles. The summed E-state index contributed by atoms with van der Waals surface area (Å²) in [6.45, 7) is 1.63. The van der Waals surface area contributed by atoms with Crippen LogP contribution in [0.25, 0.3) is 0 Å². The van der Waals surface area contributed by atoms with Crippen molar-refractivity contribution in [2.45, 2.75) is 44.4 Å². The highest BCUT2D eigenvalue weighted by atomic mass is 32.2. The van der Waals surface area contributed by atoms with Gasteiger partial charge in [-0.3, -0.25) is 4.79 Å². The van der Waals surface area contributed by atoms with E-state index in [0.29, 0.717) is 18.4 Å². The van der Waals surface area contributed by atoms with Gasteiger partial charge in [0.1, 0.15) is 0 Å². The molecule has 0 spiro atoms. The second kappa shape index (κ2) is 6.15. The predicted octanol–water partition coefficient (Wildman–Crippen LogP) is 2.14. The zero-order valence-electron chi connectivity index (χ0n) is 12.1. The zero-order valence-corrected chi connectivity index (χ0v) is 12.9. The van der Waals surface area contributed by atoms with Crippen molar-refractivity contribution in [1.29, 1.82) is 0 Å². The Balaban J connectivity index is 2.13. The number of aliphatic carboxylic acids is 1. The lowest BCUT2D eigenvalue weighted by Crippen LogP contribution is -2.52. The molecule has 1 aromatic carbocycles. The molecule has 1 aliphatic carbocycles. The molecule has 6 heteroatoms. The fourth-order valence-corrected chi connectivity index (χ4v) is 4.36. The molecule has 0 amide bonds. The highest BCUT2D eigenvalue weighted by Crippen LogP contribution is 2.36. The van der Waals surface area contributed by atoms with Gasteiger partial charge in [-0.2, -0.15) is 0 Å². The van der Waals surface area contributed by atoms with Crippen LogP contribution in [-0.4, -0.2) is 25.5 Å². The first kappa shape index (κ1) is 16.0. The largest absolute Gasteiger partial charge is 0.481 e. The molecule has 1 fully saturated rings. The van der Waals surface area contributed by atoms with E-state index in [4.69, 9.17) is 0 Å². The monoisotopic (exact) mass is 311 g/mol. The second-order valence-corrected chi connectivity index (χ2v) is 7.64. The summed E-state index contributed by atoms with van der Waals surface area (Å²) < 4.78 is 27.2. The SMILES string of the molecule is CC1(C(=O)O)CCCCC1NS(=O)(=O)Cc1ccccc1. The second-order valence-electron chi connectivity index (χ2n) is 5.88. The minimum absolute atomic E-state index is 0.125. The van der Waals surface area contributed by atoms with E-state index in [-0.39, 0.29) is 5.75 Å². The van der Waals surface area contributed by atoms with Crippen LogP contribution in [0.5, 0.6) is 0 Å². The number of hydrogen-bond acceptors (Lipinski definition) is 3. The Morgan fingerprint density at radius 3 is 2.62 bits per heavy atom. The maximum Gasteiger partial charge on any atom is 0.310 e. The molecule has 0 aliphatic heterocycles. The first-order valence-corrected chi connectivity index (χ1v) is 8.76. The molecule has 116 valence electrons. The van der Waals surface area contributed by atoms with Crippen LogP contribution in [0.15, 0.2) is 30.3 Å². The van der Waals surface area contributed by atoms with Gasteiger partial charge >= 0.3 is 5.97 Å². The topological polar surface area (TPSA) is 83.5 Å². The molecule has 2 atom stereocenters. The van der Waals surface area contributed by atoms with E-state index in [2.05, 4.69) is 4.72 Å². The summed E-state index contributed by atoms with van der Waals surface area (Å²) in [5, 5.41) is 9.42. The average Bonchev–Trinajstić information content (AvgIpc) is 2.41. The molecule has 21 heavy (non-hydrogen) atoms. The lowest BCUT2D eigenvalue weighted by atomic mass is 9.72. The standard InChI is InChI=1S/C15H21NO4S/c1-15(14(17)18)10-6-5-9-13(15)16-21(19,20)11-12-7-3-2-4-8-12/h2-4,7-8,13,16H,5-6,9-11H2,1H3,(H,17,18). The molecule has 0 radical (unpaired) electrons. The van der Waals surface area contributed by atoms with Gasteiger partial charge in [0.2, 0.25) is 10.0 Å². The maximum absolute atomic E-state index is 12.3. The Morgan fingerprint density at radius 2 is 2.00 bits per heavy atom. The van der Waals surface area contributed by atoms with E-state index in [1.54, 1.807) is 31.2 Å². The van der Waals surface area contributed by atoms with Crippen molar-refractivity contribution in [1.82, 2.24) is 4.72 Å². The van der Waals surface area contributed by atoms with Crippen LogP contribution in [-0.2, 0) is 20.6 Å². The summed E-state index contributed by atoms with van der Waals surface area (Å²) in [7, 11) is -3.55. The van der Waals surface area contributed by atoms with Crippen molar-refractivity contribution in [3.63, 3.8) is 0 Å². The predicted molar refractivity (Wildman–Crippen MR) is 80.2 cm³/mol. The summed E-state index contributed by atoms with van der Waals surface area (Å²) in [4.78, 5) is 11.5. The van der Waals surface area contributed by atoms with Crippen molar-refractivity contribution in [2.24, 2.45) is 5.41 Å². The molecule has 2 N–H and O–H groups in total. The fraction of sp³-hybridized carbons (Fsp3) is 0.533. The van der Waals surface area contributed by atoms with Gasteiger partial charge in [-0.25, -0.2) is 13.1 Å². The Hall–Kier alpha value is -1.40. The van der Waals surface area contributed by atoms with Gasteiger partial charge in [0, 0.05) is 6.04 Å². The first-order valence-electron chi connectivity index (χ1n) is 7.11. The molecule has 0 heterocycles. The van der Waals surface area contributed by atoms with Crippen LogP contribution in [0.4, 0.5) is 0 Å². The van der Waals surface area contributed by atoms with E-state index in [1.807, 2.05) is 6.07 Å². The molecule has 2 rings (SSSR count). The van der Waals surface area contributed by atoms with E-state index in [0.717, 1.165) is 12.8 Å². The van der Waals surface area contributed by atoms with E-state index < -0.39 is 27.4 Å². The molecule has 1 aliphatic rings. The summed E-state index contributed by atoms with van der Waals surface area (Å²) in [6, 6.07) is 8.34. The number of sulfonamides is 1. The summed E-state index contributed by atoms with van der Waals surface area (Å²) in [5.74, 6) is -1.06. The van der Waals surface area contributed by atoms with E-state index in [1.165, 1.54) is 0 Å². The molecule has 1 saturated carbocycles. The van der Waals surface area contributed by atoms with Crippen molar-refractivity contribution in [3.8, 4) is 0 Å².